The fourth-order valence-corrected chi connectivity index (χ4v) is 5.43. The van der Waals surface area contributed by atoms with E-state index in [0.717, 1.165) is 22.9 Å². The first-order chi connectivity index (χ1) is 19.8. The first-order valence-electron chi connectivity index (χ1n) is 13.8. The Morgan fingerprint density at radius 3 is 2.73 bits per heavy atom. The van der Waals surface area contributed by atoms with Gasteiger partial charge >= 0.3 is 0 Å². The zero-order chi connectivity index (χ0) is 29.1. The van der Waals surface area contributed by atoms with Crippen LogP contribution >= 0.6 is 0 Å². The highest BCUT2D eigenvalue weighted by atomic mass is 19.1. The van der Waals surface area contributed by atoms with Crippen LogP contribution in [0.2, 0.25) is 0 Å². The molecule has 1 aromatic carbocycles. The van der Waals surface area contributed by atoms with Crippen LogP contribution in [0.3, 0.4) is 0 Å². The summed E-state index contributed by atoms with van der Waals surface area (Å²) in [4.78, 5) is 58.7. The van der Waals surface area contributed by atoms with Gasteiger partial charge in [0.15, 0.2) is 0 Å². The number of pyridine rings is 1. The molecule has 41 heavy (non-hydrogen) atoms. The zero-order valence-electron chi connectivity index (χ0n) is 22.9. The molecule has 4 amide bonds. The molecule has 0 bridgehead atoms. The lowest BCUT2D eigenvalue weighted by molar-refractivity contribution is -0.130. The number of para-hydroxylation sites is 1. The Labute approximate surface area is 236 Å². The summed E-state index contributed by atoms with van der Waals surface area (Å²) in [6, 6.07) is 5.46. The Hall–Kier alpha value is -4.48. The maximum atomic E-state index is 14.0. The number of carbonyl (C=O) groups is 4. The molecule has 3 N–H and O–H groups in total. The maximum Gasteiger partial charge on any atom is 0.252 e. The molecule has 4 atom stereocenters. The SMILES string of the molecule is CC[C@H](C)[C@H](NC(=O)c1ccnc(F)c1)C(=O)N[C@H]1CCc2cccc3c2N(C1=O)[C@H](C(=O)NCC1=CCN=N1)C3. The van der Waals surface area contributed by atoms with E-state index in [1.54, 1.807) is 0 Å². The number of hydrogen-bond donors (Lipinski definition) is 3. The second kappa shape index (κ2) is 11.9. The van der Waals surface area contributed by atoms with Crippen LogP contribution in [0.4, 0.5) is 10.1 Å². The molecule has 0 fully saturated rings. The number of halogens is 1. The van der Waals surface area contributed by atoms with E-state index >= 15 is 0 Å². The van der Waals surface area contributed by atoms with Crippen molar-refractivity contribution in [2.24, 2.45) is 16.1 Å². The van der Waals surface area contributed by atoms with Gasteiger partial charge in [0.2, 0.25) is 23.7 Å². The first kappa shape index (κ1) is 28.1. The predicted octanol–water partition coefficient (Wildman–Crippen LogP) is 2.22. The molecule has 3 aliphatic heterocycles. The van der Waals surface area contributed by atoms with Gasteiger partial charge in [-0.15, -0.1) is 0 Å². The van der Waals surface area contributed by atoms with Crippen LogP contribution in [-0.4, -0.2) is 59.8 Å². The molecular weight excluding hydrogens is 529 g/mol. The van der Waals surface area contributed by atoms with Gasteiger partial charge in [-0.05, 0) is 42.0 Å². The quantitative estimate of drug-likeness (QED) is 0.402. The minimum absolute atomic E-state index is 0.0351. The van der Waals surface area contributed by atoms with Crippen molar-refractivity contribution in [3.63, 3.8) is 0 Å². The van der Waals surface area contributed by atoms with Crippen molar-refractivity contribution in [1.29, 1.82) is 0 Å². The molecule has 0 aliphatic carbocycles. The van der Waals surface area contributed by atoms with Gasteiger partial charge in [-0.3, -0.25) is 24.1 Å². The van der Waals surface area contributed by atoms with E-state index in [4.69, 9.17) is 0 Å². The standard InChI is InChI=1S/C29H32FN7O4/c1-3-16(2)24(35-26(38)19-9-11-31-23(30)14-19)28(40)34-21-8-7-17-5-4-6-18-13-22(37(25(17)18)29(21)41)27(39)32-15-20-10-12-33-36-20/h4-6,9-11,14,16,21-22,24H,3,7-8,12-13,15H2,1-2H3,(H,32,39)(H,34,40)(H,35,38)/t16-,21-,22-,24-/m0/s1. The Morgan fingerprint density at radius 2 is 2.00 bits per heavy atom. The lowest BCUT2D eigenvalue weighted by Gasteiger charge is -2.30. The number of azo groups is 1. The van der Waals surface area contributed by atoms with Gasteiger partial charge in [-0.2, -0.15) is 14.6 Å². The summed E-state index contributed by atoms with van der Waals surface area (Å²) in [5, 5.41) is 16.3. The van der Waals surface area contributed by atoms with E-state index in [1.807, 2.05) is 38.1 Å². The molecule has 3 aliphatic rings. The van der Waals surface area contributed by atoms with Gasteiger partial charge in [0.25, 0.3) is 5.91 Å². The number of benzene rings is 1. The van der Waals surface area contributed by atoms with Crippen LogP contribution < -0.4 is 20.9 Å². The average Bonchev–Trinajstić information content (AvgIpc) is 3.61. The highest BCUT2D eigenvalue weighted by Crippen LogP contribution is 2.39. The molecule has 0 saturated carbocycles. The largest absolute Gasteiger partial charge is 0.349 e. The summed E-state index contributed by atoms with van der Waals surface area (Å²) in [5.74, 6) is -2.92. The zero-order valence-corrected chi connectivity index (χ0v) is 22.9. The van der Waals surface area contributed by atoms with Gasteiger partial charge in [0.05, 0.1) is 24.5 Å². The summed E-state index contributed by atoms with van der Waals surface area (Å²) in [7, 11) is 0. The van der Waals surface area contributed by atoms with Gasteiger partial charge in [-0.1, -0.05) is 38.5 Å². The molecule has 0 spiro atoms. The van der Waals surface area contributed by atoms with Crippen LogP contribution in [0.15, 0.2) is 58.5 Å². The van der Waals surface area contributed by atoms with Gasteiger partial charge in [0, 0.05) is 24.2 Å². The Bertz CT molecular complexity index is 1440. The molecule has 214 valence electrons. The summed E-state index contributed by atoms with van der Waals surface area (Å²) in [6.45, 7) is 4.39. The van der Waals surface area contributed by atoms with Crippen LogP contribution in [0, 0.1) is 11.9 Å². The van der Waals surface area contributed by atoms with Gasteiger partial charge < -0.3 is 16.0 Å². The minimum Gasteiger partial charge on any atom is -0.349 e. The first-order valence-corrected chi connectivity index (χ1v) is 13.8. The monoisotopic (exact) mass is 561 g/mol. The van der Waals surface area contributed by atoms with E-state index in [9.17, 15) is 23.6 Å². The van der Waals surface area contributed by atoms with Crippen LogP contribution in [0.1, 0.15) is 48.2 Å². The van der Waals surface area contributed by atoms with E-state index in [1.165, 1.54) is 17.2 Å². The maximum absolute atomic E-state index is 14.0. The van der Waals surface area contributed by atoms with Crippen molar-refractivity contribution in [3.8, 4) is 0 Å². The molecule has 0 saturated heterocycles. The fourth-order valence-electron chi connectivity index (χ4n) is 5.43. The molecule has 0 unspecified atom stereocenters. The van der Waals surface area contributed by atoms with Crippen LogP contribution in [0.5, 0.6) is 0 Å². The van der Waals surface area contributed by atoms with Crippen molar-refractivity contribution >= 4 is 29.3 Å². The molecule has 2 aromatic rings. The second-order valence-electron chi connectivity index (χ2n) is 10.5. The molecule has 12 heteroatoms. The third-order valence-electron chi connectivity index (χ3n) is 7.85. The Morgan fingerprint density at radius 1 is 1.20 bits per heavy atom. The Kier molecular flexibility index (Phi) is 8.18. The third-order valence-corrected chi connectivity index (χ3v) is 7.85. The van der Waals surface area contributed by atoms with E-state index < -0.39 is 35.9 Å². The molecule has 5 rings (SSSR count). The summed E-state index contributed by atoms with van der Waals surface area (Å²) in [5.41, 5.74) is 3.25. The number of nitrogens with zero attached hydrogens (tertiary/aromatic N) is 4. The summed E-state index contributed by atoms with van der Waals surface area (Å²) < 4.78 is 13.6. The van der Waals surface area contributed by atoms with Crippen molar-refractivity contribution in [1.82, 2.24) is 20.9 Å². The van der Waals surface area contributed by atoms with Crippen LogP contribution in [0.25, 0.3) is 0 Å². The number of amides is 4. The van der Waals surface area contributed by atoms with Crippen molar-refractivity contribution in [3.05, 3.63) is 70.9 Å². The number of aromatic nitrogens is 1. The van der Waals surface area contributed by atoms with Gasteiger partial charge in [0.1, 0.15) is 18.1 Å². The van der Waals surface area contributed by atoms with Crippen molar-refractivity contribution in [2.75, 3.05) is 18.0 Å². The van der Waals surface area contributed by atoms with Crippen molar-refractivity contribution in [2.45, 2.75) is 57.7 Å². The molecular formula is C29H32FN7O4. The summed E-state index contributed by atoms with van der Waals surface area (Å²) >= 11 is 0. The third kappa shape index (κ3) is 5.86. The van der Waals surface area contributed by atoms with Crippen LogP contribution in [-0.2, 0) is 27.2 Å². The van der Waals surface area contributed by atoms with Gasteiger partial charge in [-0.25, -0.2) is 4.98 Å². The lowest BCUT2D eigenvalue weighted by atomic mass is 9.96. The number of carbonyl (C=O) groups excluding carboxylic acids is 4. The van der Waals surface area contributed by atoms with Crippen molar-refractivity contribution < 1.29 is 23.6 Å². The van der Waals surface area contributed by atoms with E-state index in [0.29, 0.717) is 37.9 Å². The minimum atomic E-state index is -0.968. The number of anilines is 1. The Balaban J connectivity index is 1.34. The molecule has 11 nitrogen and oxygen atoms in total. The number of rotatable bonds is 9. The second-order valence-corrected chi connectivity index (χ2v) is 10.5. The predicted molar refractivity (Wildman–Crippen MR) is 147 cm³/mol. The molecule has 4 heterocycles. The molecule has 0 radical (unpaired) electrons. The van der Waals surface area contributed by atoms with E-state index in [2.05, 4.69) is 31.2 Å². The normalized spacial score (nSPS) is 20.5. The van der Waals surface area contributed by atoms with E-state index in [-0.39, 0.29) is 29.8 Å². The highest BCUT2D eigenvalue weighted by Gasteiger charge is 2.44. The number of hydrogen-bond acceptors (Lipinski definition) is 7. The summed E-state index contributed by atoms with van der Waals surface area (Å²) in [6.07, 6.45) is 4.78. The molecule has 1 aromatic heterocycles. The highest BCUT2D eigenvalue weighted by molar-refractivity contribution is 6.08. The fraction of sp³-hybridized carbons (Fsp3) is 0.414. The number of nitrogens with one attached hydrogen (secondary N) is 3. The topological polar surface area (TPSA) is 145 Å². The smallest absolute Gasteiger partial charge is 0.252 e. The lowest BCUT2D eigenvalue weighted by Crippen LogP contribution is -2.58. The number of aryl methyl sites for hydroxylation is 1. The average molecular weight is 562 g/mol.